The van der Waals surface area contributed by atoms with E-state index in [9.17, 15) is 14.7 Å². The minimum absolute atomic E-state index is 0.0345. The Bertz CT molecular complexity index is 1260. The fourth-order valence-electron chi connectivity index (χ4n) is 3.44. The van der Waals surface area contributed by atoms with Gasteiger partial charge in [0.25, 0.3) is 5.91 Å². The summed E-state index contributed by atoms with van der Waals surface area (Å²) in [5.74, 6) is -1.49. The van der Waals surface area contributed by atoms with Crippen LogP contribution < -0.4 is 5.32 Å². The summed E-state index contributed by atoms with van der Waals surface area (Å²) in [4.78, 5) is 24.5. The van der Waals surface area contributed by atoms with Crippen molar-refractivity contribution in [2.75, 3.05) is 5.32 Å². The number of fused-ring (bicyclic) bond motifs is 1. The third-order valence-electron chi connectivity index (χ3n) is 4.97. The number of amides is 1. The van der Waals surface area contributed by atoms with Crippen LogP contribution in [0.3, 0.4) is 0 Å². The van der Waals surface area contributed by atoms with Crippen LogP contribution in [0.4, 0.5) is 5.69 Å². The van der Waals surface area contributed by atoms with Crippen LogP contribution in [0.5, 0.6) is 0 Å². The van der Waals surface area contributed by atoms with Gasteiger partial charge < -0.3 is 15.0 Å². The minimum atomic E-state index is -1.10. The summed E-state index contributed by atoms with van der Waals surface area (Å²) in [7, 11) is 0. The lowest BCUT2D eigenvalue weighted by molar-refractivity contribution is 0.0698. The molecule has 2 N–H and O–H groups in total. The highest BCUT2D eigenvalue weighted by atomic mass is 35.5. The Balaban J connectivity index is 1.73. The number of benzene rings is 3. The molecule has 0 saturated heterocycles. The number of nitrogens with one attached hydrogen (secondary N) is 1. The predicted octanol–water partition coefficient (Wildman–Crippen LogP) is 5.60. The van der Waals surface area contributed by atoms with Gasteiger partial charge in [-0.25, -0.2) is 4.79 Å². The van der Waals surface area contributed by atoms with Crippen LogP contribution in [-0.2, 0) is 6.54 Å². The number of halogens is 1. The normalized spacial score (nSPS) is 10.9. The fraction of sp³-hybridized carbons (Fsp3) is 0.0833. The lowest BCUT2D eigenvalue weighted by Gasteiger charge is -2.07. The zero-order valence-electron chi connectivity index (χ0n) is 16.2. The van der Waals surface area contributed by atoms with E-state index in [4.69, 9.17) is 11.6 Å². The van der Waals surface area contributed by atoms with Gasteiger partial charge in [-0.1, -0.05) is 53.6 Å². The lowest BCUT2D eigenvalue weighted by atomic mass is 10.1. The number of aryl methyl sites for hydroxylation is 1. The van der Waals surface area contributed by atoms with E-state index >= 15 is 0 Å². The number of nitrogens with zero attached hydrogens (tertiary/aromatic N) is 1. The number of carboxylic acids is 1. The van der Waals surface area contributed by atoms with E-state index in [1.165, 1.54) is 11.6 Å². The maximum absolute atomic E-state index is 13.1. The molecule has 0 bridgehead atoms. The Hall–Kier alpha value is -3.57. The molecule has 0 atom stereocenters. The van der Waals surface area contributed by atoms with E-state index in [-0.39, 0.29) is 11.3 Å². The van der Waals surface area contributed by atoms with Crippen LogP contribution in [0.25, 0.3) is 10.9 Å². The molecule has 0 aliphatic carbocycles. The second-order valence-electron chi connectivity index (χ2n) is 7.12. The standard InChI is InChI=1S/C24H19ClN2O3/c1-15-6-8-16(9-7-15)13-27-14-20(19-12-17(25)10-11-22(19)27)23(28)26-21-5-3-2-4-18(21)24(29)30/h2-12,14H,13H2,1H3,(H,26,28)(H,29,30). The molecule has 150 valence electrons. The van der Waals surface area contributed by atoms with Crippen LogP contribution in [0, 0.1) is 6.92 Å². The van der Waals surface area contributed by atoms with E-state index in [2.05, 4.69) is 17.4 Å². The predicted molar refractivity (Wildman–Crippen MR) is 119 cm³/mol. The number of hydrogen-bond acceptors (Lipinski definition) is 2. The number of carbonyl (C=O) groups is 2. The number of carbonyl (C=O) groups excluding carboxylic acids is 1. The first-order valence-corrected chi connectivity index (χ1v) is 9.78. The molecule has 4 rings (SSSR count). The van der Waals surface area contributed by atoms with Gasteiger partial charge in [0, 0.05) is 28.7 Å². The molecule has 4 aromatic rings. The molecule has 0 radical (unpaired) electrons. The highest BCUT2D eigenvalue weighted by Gasteiger charge is 2.18. The molecule has 1 heterocycles. The molecule has 0 fully saturated rings. The average Bonchev–Trinajstić information content (AvgIpc) is 3.07. The Morgan fingerprint density at radius 3 is 2.47 bits per heavy atom. The second-order valence-corrected chi connectivity index (χ2v) is 7.56. The molecule has 0 unspecified atom stereocenters. The zero-order chi connectivity index (χ0) is 21.3. The first-order valence-electron chi connectivity index (χ1n) is 9.40. The Morgan fingerprint density at radius 1 is 1.00 bits per heavy atom. The average molecular weight is 419 g/mol. The van der Waals surface area contributed by atoms with Gasteiger partial charge in [-0.15, -0.1) is 0 Å². The van der Waals surface area contributed by atoms with Crippen molar-refractivity contribution < 1.29 is 14.7 Å². The molecule has 0 aliphatic rings. The summed E-state index contributed by atoms with van der Waals surface area (Å²) in [6.07, 6.45) is 1.78. The van der Waals surface area contributed by atoms with Crippen molar-refractivity contribution in [2.45, 2.75) is 13.5 Å². The summed E-state index contributed by atoms with van der Waals surface area (Å²) in [5, 5.41) is 13.3. The van der Waals surface area contributed by atoms with Gasteiger partial charge in [0.15, 0.2) is 0 Å². The highest BCUT2D eigenvalue weighted by Crippen LogP contribution is 2.27. The number of aromatic nitrogens is 1. The molecule has 6 heteroatoms. The van der Waals surface area contributed by atoms with Crippen molar-refractivity contribution in [1.82, 2.24) is 4.57 Å². The van der Waals surface area contributed by atoms with Crippen molar-refractivity contribution in [3.05, 3.63) is 100 Å². The van der Waals surface area contributed by atoms with E-state index < -0.39 is 11.9 Å². The maximum atomic E-state index is 13.1. The molecule has 0 spiro atoms. The van der Waals surface area contributed by atoms with Gasteiger partial charge >= 0.3 is 5.97 Å². The highest BCUT2D eigenvalue weighted by molar-refractivity contribution is 6.31. The van der Waals surface area contributed by atoms with Crippen LogP contribution in [-0.4, -0.2) is 21.6 Å². The lowest BCUT2D eigenvalue weighted by Crippen LogP contribution is -2.14. The van der Waals surface area contributed by atoms with Crippen LogP contribution in [0.2, 0.25) is 5.02 Å². The maximum Gasteiger partial charge on any atom is 0.337 e. The van der Waals surface area contributed by atoms with Crippen molar-refractivity contribution in [2.24, 2.45) is 0 Å². The SMILES string of the molecule is Cc1ccc(Cn2cc(C(=O)Nc3ccccc3C(=O)O)c3cc(Cl)ccc32)cc1. The number of anilines is 1. The van der Waals surface area contributed by atoms with Gasteiger partial charge in [0.05, 0.1) is 16.8 Å². The summed E-state index contributed by atoms with van der Waals surface area (Å²) in [5.41, 5.74) is 3.87. The minimum Gasteiger partial charge on any atom is -0.478 e. The smallest absolute Gasteiger partial charge is 0.337 e. The monoisotopic (exact) mass is 418 g/mol. The Kier molecular flexibility index (Phi) is 5.29. The summed E-state index contributed by atoms with van der Waals surface area (Å²) >= 11 is 6.19. The van der Waals surface area contributed by atoms with E-state index in [1.807, 2.05) is 29.7 Å². The second kappa shape index (κ2) is 8.05. The van der Waals surface area contributed by atoms with Crippen LogP contribution >= 0.6 is 11.6 Å². The van der Waals surface area contributed by atoms with Gasteiger partial charge in [-0.3, -0.25) is 4.79 Å². The molecule has 1 amide bonds. The van der Waals surface area contributed by atoms with Gasteiger partial charge in [0.1, 0.15) is 0 Å². The molecular weight excluding hydrogens is 400 g/mol. The first kappa shape index (κ1) is 19.7. The number of hydrogen-bond donors (Lipinski definition) is 2. The molecule has 0 saturated carbocycles. The Morgan fingerprint density at radius 2 is 1.73 bits per heavy atom. The van der Waals surface area contributed by atoms with Crippen LogP contribution in [0.15, 0.2) is 72.9 Å². The first-order chi connectivity index (χ1) is 14.4. The van der Waals surface area contributed by atoms with E-state index in [1.54, 1.807) is 36.5 Å². The molecule has 3 aromatic carbocycles. The fourth-order valence-corrected chi connectivity index (χ4v) is 3.61. The van der Waals surface area contributed by atoms with Gasteiger partial charge in [-0.2, -0.15) is 0 Å². The topological polar surface area (TPSA) is 71.3 Å². The van der Waals surface area contributed by atoms with Gasteiger partial charge in [-0.05, 0) is 42.8 Å². The number of rotatable bonds is 5. The van der Waals surface area contributed by atoms with E-state index in [0.717, 1.165) is 11.1 Å². The molecular formula is C24H19ClN2O3. The zero-order valence-corrected chi connectivity index (χ0v) is 17.0. The van der Waals surface area contributed by atoms with Crippen LogP contribution in [0.1, 0.15) is 31.8 Å². The van der Waals surface area contributed by atoms with Crippen molar-refractivity contribution in [3.8, 4) is 0 Å². The molecule has 0 aliphatic heterocycles. The van der Waals surface area contributed by atoms with Crippen molar-refractivity contribution >= 4 is 40.1 Å². The summed E-state index contributed by atoms with van der Waals surface area (Å²) in [6, 6.07) is 20.0. The number of carboxylic acid groups (broad SMARTS) is 1. The number of para-hydroxylation sites is 1. The number of aromatic carboxylic acids is 1. The molecule has 30 heavy (non-hydrogen) atoms. The summed E-state index contributed by atoms with van der Waals surface area (Å²) < 4.78 is 1.99. The third-order valence-corrected chi connectivity index (χ3v) is 5.20. The summed E-state index contributed by atoms with van der Waals surface area (Å²) in [6.45, 7) is 2.63. The third kappa shape index (κ3) is 3.93. The van der Waals surface area contributed by atoms with Gasteiger partial charge in [0.2, 0.25) is 0 Å². The largest absolute Gasteiger partial charge is 0.478 e. The van der Waals surface area contributed by atoms with Crippen molar-refractivity contribution in [1.29, 1.82) is 0 Å². The van der Waals surface area contributed by atoms with E-state index in [0.29, 0.717) is 22.5 Å². The quantitative estimate of drug-likeness (QED) is 0.443. The Labute approximate surface area is 178 Å². The molecule has 1 aromatic heterocycles. The molecule has 5 nitrogen and oxygen atoms in total. The van der Waals surface area contributed by atoms with Crippen molar-refractivity contribution in [3.63, 3.8) is 0 Å².